The number of methoxy groups -OCH3 is 1. The Balaban J connectivity index is 2.16. The predicted molar refractivity (Wildman–Crippen MR) is 118 cm³/mol. The number of Topliss-reactive ketones (excluding diaryl/α,β-unsaturated/α-hetero) is 2. The molecule has 6 heteroatoms. The molecule has 0 radical (unpaired) electrons. The van der Waals surface area contributed by atoms with E-state index in [1.54, 1.807) is 38.3 Å². The summed E-state index contributed by atoms with van der Waals surface area (Å²) in [6.07, 6.45) is 0.155. The first-order valence-electron chi connectivity index (χ1n) is 9.77. The third kappa shape index (κ3) is 4.42. The highest BCUT2D eigenvalue weighted by atomic mass is 35.5. The minimum atomic E-state index is -1.33. The molecule has 2 aromatic rings. The second kappa shape index (κ2) is 8.62. The van der Waals surface area contributed by atoms with Crippen molar-refractivity contribution in [2.75, 3.05) is 12.4 Å². The van der Waals surface area contributed by atoms with E-state index in [9.17, 15) is 14.7 Å². The van der Waals surface area contributed by atoms with Gasteiger partial charge in [-0.05, 0) is 62.7 Å². The van der Waals surface area contributed by atoms with Crippen LogP contribution in [0.1, 0.15) is 38.7 Å². The number of benzene rings is 2. The van der Waals surface area contributed by atoms with Crippen molar-refractivity contribution in [3.8, 4) is 5.75 Å². The lowest BCUT2D eigenvalue weighted by molar-refractivity contribution is -0.131. The van der Waals surface area contributed by atoms with Crippen LogP contribution in [0.5, 0.6) is 5.75 Å². The Morgan fingerprint density at radius 2 is 1.70 bits per heavy atom. The summed E-state index contributed by atoms with van der Waals surface area (Å²) in [7, 11) is 1.59. The molecule has 158 valence electrons. The van der Waals surface area contributed by atoms with Gasteiger partial charge in [0, 0.05) is 34.3 Å². The van der Waals surface area contributed by atoms with Crippen LogP contribution in [0.3, 0.4) is 0 Å². The van der Waals surface area contributed by atoms with Crippen LogP contribution in [0.4, 0.5) is 5.69 Å². The van der Waals surface area contributed by atoms with Crippen molar-refractivity contribution in [1.82, 2.24) is 0 Å². The summed E-state index contributed by atoms with van der Waals surface area (Å²) < 4.78 is 5.19. The average molecular weight is 428 g/mol. The van der Waals surface area contributed by atoms with E-state index in [1.165, 1.54) is 13.8 Å². The van der Waals surface area contributed by atoms with Gasteiger partial charge in [0.05, 0.1) is 18.6 Å². The van der Waals surface area contributed by atoms with Gasteiger partial charge >= 0.3 is 0 Å². The molecule has 0 saturated heterocycles. The fourth-order valence-corrected chi connectivity index (χ4v) is 4.50. The first kappa shape index (κ1) is 22.1. The Bertz CT molecular complexity index is 977. The van der Waals surface area contributed by atoms with Gasteiger partial charge in [-0.3, -0.25) is 9.59 Å². The summed E-state index contributed by atoms with van der Waals surface area (Å²) in [6.45, 7) is 4.60. The number of carbonyl (C=O) groups excluding carboxylic acids is 2. The standard InChI is InChI=1S/C24H26ClNO4/c1-14(27)21-20(26-18-9-11-19(30-4)12-10-18)13-24(3,29)23(15(2)28)22(21)16-5-7-17(25)8-6-16/h5-12,22-23,26,29H,13H2,1-4H3/t22-,23-,24-/m0/s1. The van der Waals surface area contributed by atoms with E-state index in [1.807, 2.05) is 24.3 Å². The predicted octanol–water partition coefficient (Wildman–Crippen LogP) is 4.75. The van der Waals surface area contributed by atoms with Crippen LogP contribution in [-0.4, -0.2) is 29.4 Å². The highest BCUT2D eigenvalue weighted by Gasteiger charge is 2.49. The summed E-state index contributed by atoms with van der Waals surface area (Å²) in [6, 6.07) is 14.4. The topological polar surface area (TPSA) is 75.6 Å². The highest BCUT2D eigenvalue weighted by Crippen LogP contribution is 2.47. The molecule has 0 bridgehead atoms. The number of halogens is 1. The van der Waals surface area contributed by atoms with Crippen LogP contribution in [-0.2, 0) is 9.59 Å². The highest BCUT2D eigenvalue weighted by molar-refractivity contribution is 6.30. The lowest BCUT2D eigenvalue weighted by atomic mass is 9.64. The maximum absolute atomic E-state index is 12.8. The van der Waals surface area contributed by atoms with Crippen LogP contribution in [0.25, 0.3) is 0 Å². The molecule has 0 unspecified atom stereocenters. The summed E-state index contributed by atoms with van der Waals surface area (Å²) in [4.78, 5) is 25.4. The fraction of sp³-hybridized carbons (Fsp3) is 0.333. The van der Waals surface area contributed by atoms with Gasteiger partial charge in [-0.25, -0.2) is 0 Å². The van der Waals surface area contributed by atoms with Crippen LogP contribution < -0.4 is 10.1 Å². The van der Waals surface area contributed by atoms with E-state index in [-0.39, 0.29) is 18.0 Å². The largest absolute Gasteiger partial charge is 0.497 e. The number of nitrogens with one attached hydrogen (secondary N) is 1. The summed E-state index contributed by atoms with van der Waals surface area (Å²) in [5.74, 6) is -0.927. The van der Waals surface area contributed by atoms with E-state index in [0.29, 0.717) is 22.0 Å². The third-order valence-electron chi connectivity index (χ3n) is 5.61. The van der Waals surface area contributed by atoms with Crippen molar-refractivity contribution in [3.63, 3.8) is 0 Å². The summed E-state index contributed by atoms with van der Waals surface area (Å²) in [5, 5.41) is 15.1. The number of aliphatic hydroxyl groups is 1. The van der Waals surface area contributed by atoms with Gasteiger partial charge in [-0.2, -0.15) is 0 Å². The molecule has 0 aromatic heterocycles. The second-order valence-electron chi connectivity index (χ2n) is 7.95. The van der Waals surface area contributed by atoms with Crippen LogP contribution in [0.2, 0.25) is 5.02 Å². The minimum Gasteiger partial charge on any atom is -0.497 e. The number of rotatable bonds is 6. The smallest absolute Gasteiger partial charge is 0.158 e. The van der Waals surface area contributed by atoms with E-state index in [4.69, 9.17) is 16.3 Å². The number of ketones is 2. The second-order valence-corrected chi connectivity index (χ2v) is 8.39. The zero-order chi connectivity index (χ0) is 22.1. The van der Waals surface area contributed by atoms with Crippen molar-refractivity contribution in [1.29, 1.82) is 0 Å². The molecule has 2 aromatic carbocycles. The van der Waals surface area contributed by atoms with Crippen molar-refractivity contribution < 1.29 is 19.4 Å². The third-order valence-corrected chi connectivity index (χ3v) is 5.86. The monoisotopic (exact) mass is 427 g/mol. The Morgan fingerprint density at radius 3 is 2.20 bits per heavy atom. The zero-order valence-electron chi connectivity index (χ0n) is 17.5. The first-order valence-corrected chi connectivity index (χ1v) is 10.1. The van der Waals surface area contributed by atoms with Gasteiger partial charge in [-0.15, -0.1) is 0 Å². The van der Waals surface area contributed by atoms with Gasteiger partial charge in [0.15, 0.2) is 5.78 Å². The van der Waals surface area contributed by atoms with E-state index >= 15 is 0 Å². The molecule has 1 aliphatic rings. The molecule has 5 nitrogen and oxygen atoms in total. The Kier molecular flexibility index (Phi) is 6.34. The number of allylic oxidation sites excluding steroid dienone is 1. The van der Waals surface area contributed by atoms with E-state index < -0.39 is 17.4 Å². The first-order chi connectivity index (χ1) is 14.1. The van der Waals surface area contributed by atoms with Gasteiger partial charge < -0.3 is 15.2 Å². The molecule has 0 heterocycles. The Labute approximate surface area is 181 Å². The van der Waals surface area contributed by atoms with Crippen molar-refractivity contribution in [2.45, 2.75) is 38.7 Å². The molecule has 0 saturated carbocycles. The fourth-order valence-electron chi connectivity index (χ4n) is 4.37. The van der Waals surface area contributed by atoms with E-state index in [2.05, 4.69) is 5.32 Å². The van der Waals surface area contributed by atoms with Crippen molar-refractivity contribution in [2.24, 2.45) is 5.92 Å². The van der Waals surface area contributed by atoms with Gasteiger partial charge in [0.2, 0.25) is 0 Å². The Hall–Kier alpha value is -2.63. The molecular weight excluding hydrogens is 402 g/mol. The minimum absolute atomic E-state index is 0.146. The maximum atomic E-state index is 12.8. The number of ether oxygens (including phenoxy) is 1. The molecule has 0 fully saturated rings. The van der Waals surface area contributed by atoms with E-state index in [0.717, 1.165) is 11.3 Å². The van der Waals surface area contributed by atoms with Gasteiger partial charge in [-0.1, -0.05) is 23.7 Å². The average Bonchev–Trinajstić information content (AvgIpc) is 2.67. The van der Waals surface area contributed by atoms with Gasteiger partial charge in [0.25, 0.3) is 0 Å². The molecule has 3 atom stereocenters. The van der Waals surface area contributed by atoms with Crippen LogP contribution in [0.15, 0.2) is 59.8 Å². The molecule has 0 amide bonds. The van der Waals surface area contributed by atoms with Crippen LogP contribution >= 0.6 is 11.6 Å². The van der Waals surface area contributed by atoms with Crippen molar-refractivity contribution in [3.05, 3.63) is 70.4 Å². The zero-order valence-corrected chi connectivity index (χ0v) is 18.3. The lowest BCUT2D eigenvalue weighted by Gasteiger charge is -2.43. The number of anilines is 1. The molecular formula is C24H26ClNO4. The molecule has 0 aliphatic heterocycles. The van der Waals surface area contributed by atoms with Gasteiger partial charge in [0.1, 0.15) is 11.5 Å². The molecule has 0 spiro atoms. The Morgan fingerprint density at radius 1 is 1.10 bits per heavy atom. The number of carbonyl (C=O) groups is 2. The summed E-state index contributed by atoms with van der Waals surface area (Å²) in [5.41, 5.74) is 1.30. The van der Waals surface area contributed by atoms with Crippen LogP contribution in [0, 0.1) is 5.92 Å². The lowest BCUT2D eigenvalue weighted by Crippen LogP contribution is -2.48. The quantitative estimate of drug-likeness (QED) is 0.695. The molecule has 3 rings (SSSR count). The number of hydrogen-bond acceptors (Lipinski definition) is 5. The molecule has 2 N–H and O–H groups in total. The molecule has 30 heavy (non-hydrogen) atoms. The normalized spacial score (nSPS) is 23.8. The van der Waals surface area contributed by atoms with Crippen molar-refractivity contribution >= 4 is 28.9 Å². The molecule has 1 aliphatic carbocycles. The summed E-state index contributed by atoms with van der Waals surface area (Å²) >= 11 is 6.05. The number of hydrogen-bond donors (Lipinski definition) is 2. The maximum Gasteiger partial charge on any atom is 0.158 e. The SMILES string of the molecule is COc1ccc(NC2=C(C(C)=O)[C@H](c3ccc(Cl)cc3)[C@H](C(C)=O)[C@@](C)(O)C2)cc1.